The van der Waals surface area contributed by atoms with Crippen molar-refractivity contribution in [2.75, 3.05) is 13.1 Å². The summed E-state index contributed by atoms with van der Waals surface area (Å²) in [5, 5.41) is 10.9. The molecule has 1 aliphatic heterocycles. The smallest absolute Gasteiger partial charge is 0.227 e. The van der Waals surface area contributed by atoms with Gasteiger partial charge in [0.15, 0.2) is 0 Å². The number of likely N-dealkylation sites (tertiary alicyclic amines) is 1. The monoisotopic (exact) mass is 274 g/mol. The standard InChI is InChI=1S/C16H22N2O2/c1-12-10-18(11-16(12,20)14-5-2-6-14)15(19)8-13-4-3-7-17-9-13/h3-4,7,9,12,14,20H,2,5-6,8,10-11H2,1H3/t12-,16+/m1/s1. The van der Waals surface area contributed by atoms with Crippen LogP contribution in [0.2, 0.25) is 0 Å². The highest BCUT2D eigenvalue weighted by atomic mass is 16.3. The Balaban J connectivity index is 1.65. The van der Waals surface area contributed by atoms with Crippen molar-refractivity contribution in [2.45, 2.75) is 38.2 Å². The van der Waals surface area contributed by atoms with Crippen LogP contribution in [0.15, 0.2) is 24.5 Å². The van der Waals surface area contributed by atoms with E-state index in [-0.39, 0.29) is 11.8 Å². The fraction of sp³-hybridized carbons (Fsp3) is 0.625. The van der Waals surface area contributed by atoms with E-state index >= 15 is 0 Å². The Kier molecular flexibility index (Phi) is 3.50. The molecule has 1 saturated carbocycles. The zero-order valence-corrected chi connectivity index (χ0v) is 12.0. The number of nitrogens with zero attached hydrogens (tertiary/aromatic N) is 2. The Morgan fingerprint density at radius 1 is 1.55 bits per heavy atom. The lowest BCUT2D eigenvalue weighted by molar-refractivity contribution is -0.131. The summed E-state index contributed by atoms with van der Waals surface area (Å²) in [6, 6.07) is 3.77. The predicted octanol–water partition coefficient (Wildman–Crippen LogP) is 1.63. The molecule has 20 heavy (non-hydrogen) atoms. The average Bonchev–Trinajstić information content (AvgIpc) is 2.65. The first-order valence-electron chi connectivity index (χ1n) is 7.48. The van der Waals surface area contributed by atoms with E-state index in [0.717, 1.165) is 18.4 Å². The summed E-state index contributed by atoms with van der Waals surface area (Å²) in [6.45, 7) is 3.24. The minimum atomic E-state index is -0.664. The van der Waals surface area contributed by atoms with E-state index in [1.807, 2.05) is 17.0 Å². The van der Waals surface area contributed by atoms with Gasteiger partial charge in [0.1, 0.15) is 0 Å². The lowest BCUT2D eigenvalue weighted by Gasteiger charge is -2.41. The molecule has 3 rings (SSSR count). The van der Waals surface area contributed by atoms with Gasteiger partial charge in [-0.2, -0.15) is 0 Å². The second-order valence-electron chi connectivity index (χ2n) is 6.33. The van der Waals surface area contributed by atoms with Gasteiger partial charge in [-0.3, -0.25) is 9.78 Å². The third-order valence-electron chi connectivity index (χ3n) is 5.03. The molecule has 2 fully saturated rings. The van der Waals surface area contributed by atoms with Crippen molar-refractivity contribution >= 4 is 5.91 Å². The van der Waals surface area contributed by atoms with Crippen molar-refractivity contribution in [3.05, 3.63) is 30.1 Å². The molecule has 0 radical (unpaired) electrons. The van der Waals surface area contributed by atoms with E-state index < -0.39 is 5.60 Å². The highest BCUT2D eigenvalue weighted by Gasteiger charge is 2.50. The lowest BCUT2D eigenvalue weighted by atomic mass is 9.69. The second kappa shape index (κ2) is 5.17. The minimum absolute atomic E-state index is 0.0973. The number of rotatable bonds is 3. The number of aromatic nitrogens is 1. The van der Waals surface area contributed by atoms with Crippen molar-refractivity contribution in [3.8, 4) is 0 Å². The summed E-state index contributed by atoms with van der Waals surface area (Å²) in [5.74, 6) is 0.652. The van der Waals surface area contributed by atoms with Gasteiger partial charge < -0.3 is 10.0 Å². The largest absolute Gasteiger partial charge is 0.387 e. The number of aliphatic hydroxyl groups is 1. The summed E-state index contributed by atoms with van der Waals surface area (Å²) >= 11 is 0. The third-order valence-corrected chi connectivity index (χ3v) is 5.03. The lowest BCUT2D eigenvalue weighted by Crippen LogP contribution is -2.48. The molecular weight excluding hydrogens is 252 g/mol. The molecule has 2 heterocycles. The fourth-order valence-corrected chi connectivity index (χ4v) is 3.43. The van der Waals surface area contributed by atoms with E-state index in [9.17, 15) is 9.90 Å². The van der Waals surface area contributed by atoms with E-state index in [2.05, 4.69) is 11.9 Å². The third kappa shape index (κ3) is 2.33. The summed E-state index contributed by atoms with van der Waals surface area (Å²) in [5.41, 5.74) is 0.271. The number of carbonyl (C=O) groups excluding carboxylic acids is 1. The van der Waals surface area contributed by atoms with Crippen molar-refractivity contribution < 1.29 is 9.90 Å². The van der Waals surface area contributed by atoms with E-state index in [1.165, 1.54) is 6.42 Å². The molecule has 1 amide bonds. The van der Waals surface area contributed by atoms with E-state index in [0.29, 0.717) is 25.4 Å². The zero-order chi connectivity index (χ0) is 14.2. The molecule has 108 valence electrons. The number of β-amino-alcohol motifs (C(OH)–C–C–N with tert-alkyl or cyclic N) is 1. The Morgan fingerprint density at radius 3 is 2.95 bits per heavy atom. The first-order chi connectivity index (χ1) is 9.59. The number of amides is 1. The number of carbonyl (C=O) groups is 1. The maximum absolute atomic E-state index is 12.4. The van der Waals surface area contributed by atoms with Crippen LogP contribution in [-0.4, -0.2) is 39.6 Å². The minimum Gasteiger partial charge on any atom is -0.387 e. The normalized spacial score (nSPS) is 30.3. The average molecular weight is 274 g/mol. The SMILES string of the molecule is C[C@@H]1CN(C(=O)Cc2cccnc2)C[C@@]1(O)C1CCC1. The molecule has 4 nitrogen and oxygen atoms in total. The molecule has 1 saturated heterocycles. The Bertz CT molecular complexity index is 487. The van der Waals surface area contributed by atoms with Gasteiger partial charge >= 0.3 is 0 Å². The molecule has 1 aromatic rings. The maximum atomic E-state index is 12.4. The van der Waals surface area contributed by atoms with Crippen LogP contribution in [0, 0.1) is 11.8 Å². The van der Waals surface area contributed by atoms with Crippen LogP contribution in [0.25, 0.3) is 0 Å². The molecule has 0 spiro atoms. The van der Waals surface area contributed by atoms with Gasteiger partial charge in [-0.1, -0.05) is 19.4 Å². The van der Waals surface area contributed by atoms with Gasteiger partial charge in [0, 0.05) is 31.4 Å². The van der Waals surface area contributed by atoms with Crippen LogP contribution in [-0.2, 0) is 11.2 Å². The van der Waals surface area contributed by atoms with Crippen molar-refractivity contribution in [2.24, 2.45) is 11.8 Å². The molecule has 1 aromatic heterocycles. The first kappa shape index (κ1) is 13.6. The van der Waals surface area contributed by atoms with Gasteiger partial charge in [0.25, 0.3) is 0 Å². The Morgan fingerprint density at radius 2 is 2.35 bits per heavy atom. The highest BCUT2D eigenvalue weighted by molar-refractivity contribution is 5.79. The Hall–Kier alpha value is -1.42. The maximum Gasteiger partial charge on any atom is 0.227 e. The van der Waals surface area contributed by atoms with Crippen molar-refractivity contribution in [1.29, 1.82) is 0 Å². The number of hydrogen-bond acceptors (Lipinski definition) is 3. The molecule has 2 atom stereocenters. The molecule has 0 unspecified atom stereocenters. The van der Waals surface area contributed by atoms with E-state index in [4.69, 9.17) is 0 Å². The van der Waals surface area contributed by atoms with Crippen LogP contribution >= 0.6 is 0 Å². The molecule has 1 aliphatic carbocycles. The highest BCUT2D eigenvalue weighted by Crippen LogP contribution is 2.44. The first-order valence-corrected chi connectivity index (χ1v) is 7.48. The predicted molar refractivity (Wildman–Crippen MR) is 76.0 cm³/mol. The number of hydrogen-bond donors (Lipinski definition) is 1. The van der Waals surface area contributed by atoms with Crippen LogP contribution in [0.1, 0.15) is 31.7 Å². The molecule has 0 bridgehead atoms. The number of pyridine rings is 1. The van der Waals surface area contributed by atoms with Crippen LogP contribution in [0.5, 0.6) is 0 Å². The molecular formula is C16H22N2O2. The molecule has 2 aliphatic rings. The summed E-state index contributed by atoms with van der Waals surface area (Å²) < 4.78 is 0. The van der Waals surface area contributed by atoms with Gasteiger partial charge in [-0.25, -0.2) is 0 Å². The molecule has 0 aromatic carbocycles. The van der Waals surface area contributed by atoms with Crippen LogP contribution in [0.3, 0.4) is 0 Å². The van der Waals surface area contributed by atoms with Gasteiger partial charge in [-0.05, 0) is 30.4 Å². The van der Waals surface area contributed by atoms with Crippen LogP contribution in [0.4, 0.5) is 0 Å². The van der Waals surface area contributed by atoms with Gasteiger partial charge in [-0.15, -0.1) is 0 Å². The Labute approximate surface area is 119 Å². The zero-order valence-electron chi connectivity index (χ0n) is 12.0. The summed E-state index contributed by atoms with van der Waals surface area (Å²) in [7, 11) is 0. The topological polar surface area (TPSA) is 53.4 Å². The van der Waals surface area contributed by atoms with Crippen LogP contribution < -0.4 is 0 Å². The summed E-state index contributed by atoms with van der Waals surface area (Å²) in [6.07, 6.45) is 7.23. The molecule has 1 N–H and O–H groups in total. The fourth-order valence-electron chi connectivity index (χ4n) is 3.43. The molecule has 4 heteroatoms. The van der Waals surface area contributed by atoms with E-state index in [1.54, 1.807) is 12.4 Å². The summed E-state index contributed by atoms with van der Waals surface area (Å²) in [4.78, 5) is 18.2. The quantitative estimate of drug-likeness (QED) is 0.911. The van der Waals surface area contributed by atoms with Crippen molar-refractivity contribution in [1.82, 2.24) is 9.88 Å². The second-order valence-corrected chi connectivity index (χ2v) is 6.33. The van der Waals surface area contributed by atoms with Gasteiger partial charge in [0.05, 0.1) is 12.0 Å². The van der Waals surface area contributed by atoms with Crippen molar-refractivity contribution in [3.63, 3.8) is 0 Å². The van der Waals surface area contributed by atoms with Gasteiger partial charge in [0.2, 0.25) is 5.91 Å².